The Morgan fingerprint density at radius 1 is 1.53 bits per heavy atom. The van der Waals surface area contributed by atoms with Gasteiger partial charge in [0.25, 0.3) is 0 Å². The van der Waals surface area contributed by atoms with Crippen LogP contribution in [0, 0.1) is 0 Å². The van der Waals surface area contributed by atoms with Crippen LogP contribution in [-0.4, -0.2) is 37.2 Å². The Balaban J connectivity index is 1.92. The molecule has 0 aromatic carbocycles. The second-order valence-corrected chi connectivity index (χ2v) is 3.86. The molecular weight excluding hydrogens is 192 g/mol. The Kier molecular flexibility index (Phi) is 3.77. The number of hydrogen-bond acceptors (Lipinski definition) is 4. The molecule has 1 fully saturated rings. The van der Waals surface area contributed by atoms with Crippen molar-refractivity contribution in [1.82, 2.24) is 4.90 Å². The number of hydrogen-bond donors (Lipinski definition) is 1. The number of nitrogens with two attached hydrogens (primary N) is 1. The Hall–Kier alpha value is -0.840. The van der Waals surface area contributed by atoms with Gasteiger partial charge >= 0.3 is 0 Å². The van der Waals surface area contributed by atoms with Crippen LogP contribution < -0.4 is 5.73 Å². The van der Waals surface area contributed by atoms with Crippen molar-refractivity contribution in [3.63, 3.8) is 0 Å². The first kappa shape index (κ1) is 10.7. The Morgan fingerprint density at radius 3 is 3.20 bits per heavy atom. The smallest absolute Gasteiger partial charge is 0.117 e. The zero-order chi connectivity index (χ0) is 10.5. The number of nitrogens with zero attached hydrogens (tertiary/aromatic N) is 1. The number of ether oxygens (including phenoxy) is 1. The molecule has 0 bridgehead atoms. The summed E-state index contributed by atoms with van der Waals surface area (Å²) in [5.41, 5.74) is 5.59. The van der Waals surface area contributed by atoms with Gasteiger partial charge in [0, 0.05) is 12.6 Å². The van der Waals surface area contributed by atoms with Crippen molar-refractivity contribution >= 4 is 0 Å². The lowest BCUT2D eigenvalue weighted by atomic mass is 10.1. The van der Waals surface area contributed by atoms with Crippen LogP contribution in [0.3, 0.4) is 0 Å². The predicted octanol–water partition coefficient (Wildman–Crippen LogP) is 0.829. The second kappa shape index (κ2) is 5.30. The van der Waals surface area contributed by atoms with Crippen molar-refractivity contribution in [3.05, 3.63) is 24.2 Å². The topological polar surface area (TPSA) is 51.6 Å². The maximum absolute atomic E-state index is 5.59. The normalized spacial score (nSPS) is 23.1. The van der Waals surface area contributed by atoms with E-state index >= 15 is 0 Å². The fraction of sp³-hybridized carbons (Fsp3) is 0.636. The van der Waals surface area contributed by atoms with Crippen LogP contribution >= 0.6 is 0 Å². The molecule has 1 aliphatic heterocycles. The van der Waals surface area contributed by atoms with Crippen LogP contribution in [0.5, 0.6) is 0 Å². The van der Waals surface area contributed by atoms with Crippen molar-refractivity contribution in [1.29, 1.82) is 0 Å². The first-order valence-corrected chi connectivity index (χ1v) is 5.44. The van der Waals surface area contributed by atoms with Gasteiger partial charge in [-0.3, -0.25) is 4.90 Å². The monoisotopic (exact) mass is 210 g/mol. The molecule has 1 aliphatic rings. The zero-order valence-corrected chi connectivity index (χ0v) is 8.89. The van der Waals surface area contributed by atoms with Crippen molar-refractivity contribution < 1.29 is 9.15 Å². The van der Waals surface area contributed by atoms with Crippen LogP contribution in [0.2, 0.25) is 0 Å². The van der Waals surface area contributed by atoms with Crippen molar-refractivity contribution in [2.24, 2.45) is 5.73 Å². The van der Waals surface area contributed by atoms with E-state index in [0.717, 1.165) is 38.5 Å². The van der Waals surface area contributed by atoms with Gasteiger partial charge in [0.1, 0.15) is 5.76 Å². The summed E-state index contributed by atoms with van der Waals surface area (Å²) in [4.78, 5) is 2.38. The minimum absolute atomic E-state index is 0.439. The number of morpholine rings is 1. The molecule has 15 heavy (non-hydrogen) atoms. The van der Waals surface area contributed by atoms with E-state index in [4.69, 9.17) is 14.9 Å². The largest absolute Gasteiger partial charge is 0.468 e. The Labute approximate surface area is 90.0 Å². The summed E-state index contributed by atoms with van der Waals surface area (Å²) in [6.07, 6.45) is 2.70. The standard InChI is InChI=1S/C11H18N2O2/c12-4-3-10-9-14-7-5-13(10)8-11-2-1-6-15-11/h1-2,6,10H,3-5,7-9,12H2. The average molecular weight is 210 g/mol. The maximum Gasteiger partial charge on any atom is 0.117 e. The lowest BCUT2D eigenvalue weighted by molar-refractivity contribution is -0.0162. The quantitative estimate of drug-likeness (QED) is 0.799. The molecule has 1 aromatic heterocycles. The van der Waals surface area contributed by atoms with Crippen LogP contribution in [0.4, 0.5) is 0 Å². The second-order valence-electron chi connectivity index (χ2n) is 3.86. The minimum Gasteiger partial charge on any atom is -0.468 e. The molecule has 2 rings (SSSR count). The van der Waals surface area contributed by atoms with E-state index in [0.29, 0.717) is 12.6 Å². The van der Waals surface area contributed by atoms with Gasteiger partial charge in [-0.05, 0) is 25.1 Å². The van der Waals surface area contributed by atoms with Gasteiger partial charge in [0.05, 0.1) is 26.0 Å². The highest BCUT2D eigenvalue weighted by molar-refractivity contribution is 4.98. The summed E-state index contributed by atoms with van der Waals surface area (Å²) >= 11 is 0. The van der Waals surface area contributed by atoms with Gasteiger partial charge in [0.2, 0.25) is 0 Å². The lowest BCUT2D eigenvalue weighted by Crippen LogP contribution is -2.45. The Bertz CT molecular complexity index is 272. The van der Waals surface area contributed by atoms with E-state index in [-0.39, 0.29) is 0 Å². The van der Waals surface area contributed by atoms with E-state index in [1.165, 1.54) is 0 Å². The average Bonchev–Trinajstić information content (AvgIpc) is 2.74. The third-order valence-corrected chi connectivity index (χ3v) is 2.79. The van der Waals surface area contributed by atoms with Crippen molar-refractivity contribution in [2.45, 2.75) is 19.0 Å². The van der Waals surface area contributed by atoms with Gasteiger partial charge in [-0.15, -0.1) is 0 Å². The lowest BCUT2D eigenvalue weighted by Gasteiger charge is -2.34. The molecule has 4 nitrogen and oxygen atoms in total. The molecule has 1 atom stereocenters. The molecule has 2 heterocycles. The molecule has 84 valence electrons. The highest BCUT2D eigenvalue weighted by atomic mass is 16.5. The molecule has 0 saturated carbocycles. The number of furan rings is 1. The third-order valence-electron chi connectivity index (χ3n) is 2.79. The van der Waals surface area contributed by atoms with E-state index in [9.17, 15) is 0 Å². The van der Waals surface area contributed by atoms with Gasteiger partial charge in [0.15, 0.2) is 0 Å². The molecule has 1 saturated heterocycles. The molecular formula is C11H18N2O2. The summed E-state index contributed by atoms with van der Waals surface area (Å²) in [6.45, 7) is 4.13. The SMILES string of the molecule is NCCC1COCCN1Cc1ccco1. The molecule has 4 heteroatoms. The Morgan fingerprint density at radius 2 is 2.47 bits per heavy atom. The fourth-order valence-electron chi connectivity index (χ4n) is 1.96. The van der Waals surface area contributed by atoms with E-state index in [2.05, 4.69) is 4.90 Å². The highest BCUT2D eigenvalue weighted by Crippen LogP contribution is 2.14. The predicted molar refractivity (Wildman–Crippen MR) is 57.4 cm³/mol. The van der Waals surface area contributed by atoms with Gasteiger partial charge in [-0.25, -0.2) is 0 Å². The molecule has 0 aliphatic carbocycles. The van der Waals surface area contributed by atoms with Crippen LogP contribution in [-0.2, 0) is 11.3 Å². The first-order valence-electron chi connectivity index (χ1n) is 5.44. The van der Waals surface area contributed by atoms with Crippen molar-refractivity contribution in [2.75, 3.05) is 26.3 Å². The van der Waals surface area contributed by atoms with E-state index in [1.54, 1.807) is 6.26 Å². The minimum atomic E-state index is 0.439. The van der Waals surface area contributed by atoms with Gasteiger partial charge < -0.3 is 14.9 Å². The summed E-state index contributed by atoms with van der Waals surface area (Å²) in [7, 11) is 0. The fourth-order valence-corrected chi connectivity index (χ4v) is 1.96. The molecule has 0 amide bonds. The molecule has 0 radical (unpaired) electrons. The van der Waals surface area contributed by atoms with Crippen molar-refractivity contribution in [3.8, 4) is 0 Å². The summed E-state index contributed by atoms with van der Waals surface area (Å²) in [6, 6.07) is 4.37. The highest BCUT2D eigenvalue weighted by Gasteiger charge is 2.22. The van der Waals surface area contributed by atoms with Gasteiger partial charge in [-0.2, -0.15) is 0 Å². The van der Waals surface area contributed by atoms with Crippen LogP contribution in [0.25, 0.3) is 0 Å². The number of rotatable bonds is 4. The summed E-state index contributed by atoms with van der Waals surface area (Å²) in [5, 5.41) is 0. The van der Waals surface area contributed by atoms with E-state index in [1.807, 2.05) is 12.1 Å². The first-order chi connectivity index (χ1) is 7.40. The summed E-state index contributed by atoms with van der Waals surface area (Å²) in [5.74, 6) is 1.01. The third kappa shape index (κ3) is 2.81. The maximum atomic E-state index is 5.59. The molecule has 2 N–H and O–H groups in total. The molecule has 1 aromatic rings. The molecule has 0 spiro atoms. The van der Waals surface area contributed by atoms with E-state index < -0.39 is 0 Å². The zero-order valence-electron chi connectivity index (χ0n) is 8.89. The summed E-state index contributed by atoms with van der Waals surface area (Å²) < 4.78 is 10.8. The molecule has 1 unspecified atom stereocenters. The van der Waals surface area contributed by atoms with Gasteiger partial charge in [-0.1, -0.05) is 0 Å². The van der Waals surface area contributed by atoms with Crippen LogP contribution in [0.15, 0.2) is 22.8 Å². The van der Waals surface area contributed by atoms with Crippen LogP contribution in [0.1, 0.15) is 12.2 Å².